The number of hydrogen-bond donors (Lipinski definition) is 2. The molecule has 1 saturated heterocycles. The van der Waals surface area contributed by atoms with Gasteiger partial charge in [0.05, 0.1) is 5.69 Å². The van der Waals surface area contributed by atoms with Gasteiger partial charge >= 0.3 is 10.2 Å². The molecule has 0 radical (unpaired) electrons. The summed E-state index contributed by atoms with van der Waals surface area (Å²) in [5.74, 6) is 0. The van der Waals surface area contributed by atoms with Crippen molar-refractivity contribution < 1.29 is 8.42 Å². The lowest BCUT2D eigenvalue weighted by atomic mass is 10.1. The van der Waals surface area contributed by atoms with Crippen molar-refractivity contribution in [3.63, 3.8) is 0 Å². The largest absolute Gasteiger partial charge is 0.315 e. The molecule has 1 atom stereocenters. The lowest BCUT2D eigenvalue weighted by Gasteiger charge is -2.37. The van der Waals surface area contributed by atoms with Gasteiger partial charge in [-0.05, 0) is 31.0 Å². The fraction of sp³-hybridized carbons (Fsp3) is 0.500. The van der Waals surface area contributed by atoms with Crippen molar-refractivity contribution in [1.29, 1.82) is 0 Å². The van der Waals surface area contributed by atoms with E-state index in [1.54, 1.807) is 4.31 Å². The van der Waals surface area contributed by atoms with Gasteiger partial charge < -0.3 is 5.32 Å². The Balaban J connectivity index is 0.00000133. The topological polar surface area (TPSA) is 61.4 Å². The summed E-state index contributed by atoms with van der Waals surface area (Å²) in [6.07, 6.45) is 1.95. The molecule has 2 N–H and O–H groups in total. The first-order chi connectivity index (χ1) is 8.67. The Morgan fingerprint density at radius 1 is 1.26 bits per heavy atom. The predicted octanol–water partition coefficient (Wildman–Crippen LogP) is 1.33. The van der Waals surface area contributed by atoms with E-state index in [1.165, 1.54) is 0 Å². The molecule has 2 aliphatic rings. The van der Waals surface area contributed by atoms with Gasteiger partial charge in [0.25, 0.3) is 0 Å². The van der Waals surface area contributed by atoms with Crippen LogP contribution in [0.25, 0.3) is 0 Å². The van der Waals surface area contributed by atoms with E-state index in [0.29, 0.717) is 12.2 Å². The molecule has 0 bridgehead atoms. The summed E-state index contributed by atoms with van der Waals surface area (Å²) in [6.45, 7) is 2.19. The van der Waals surface area contributed by atoms with Crippen molar-refractivity contribution in [2.75, 3.05) is 17.8 Å². The zero-order valence-electron chi connectivity index (χ0n) is 10.5. The van der Waals surface area contributed by atoms with Crippen molar-refractivity contribution in [2.24, 2.45) is 0 Å². The Hall–Kier alpha value is -0.820. The first-order valence-corrected chi connectivity index (χ1v) is 7.69. The number of para-hydroxylation sites is 1. The molecule has 0 amide bonds. The Morgan fingerprint density at radius 3 is 2.79 bits per heavy atom. The maximum Gasteiger partial charge on any atom is 0.302 e. The van der Waals surface area contributed by atoms with Crippen LogP contribution in [-0.2, 0) is 16.8 Å². The Bertz CT molecular complexity index is 544. The van der Waals surface area contributed by atoms with Gasteiger partial charge in [0.1, 0.15) is 0 Å². The minimum atomic E-state index is -3.39. The number of piperidine rings is 1. The minimum absolute atomic E-state index is 0. The molecule has 0 saturated carbocycles. The molecule has 106 valence electrons. The number of anilines is 1. The maximum absolute atomic E-state index is 12.2. The number of nitrogens with zero attached hydrogens (tertiary/aromatic N) is 1. The lowest BCUT2D eigenvalue weighted by Crippen LogP contribution is -2.51. The Kier molecular flexibility index (Phi) is 4.35. The first kappa shape index (κ1) is 14.6. The van der Waals surface area contributed by atoms with E-state index >= 15 is 0 Å². The number of rotatable bonds is 1. The number of hydrogen-bond acceptors (Lipinski definition) is 3. The van der Waals surface area contributed by atoms with Gasteiger partial charge in [0.15, 0.2) is 0 Å². The molecule has 1 fully saturated rings. The molecule has 5 nitrogen and oxygen atoms in total. The molecule has 3 rings (SSSR count). The van der Waals surface area contributed by atoms with Crippen molar-refractivity contribution in [2.45, 2.75) is 25.4 Å². The van der Waals surface area contributed by atoms with Crippen LogP contribution in [0.5, 0.6) is 0 Å². The molecule has 19 heavy (non-hydrogen) atoms. The predicted molar refractivity (Wildman–Crippen MR) is 77.7 cm³/mol. The first-order valence-electron chi connectivity index (χ1n) is 6.25. The van der Waals surface area contributed by atoms with Gasteiger partial charge in [-0.25, -0.2) is 0 Å². The third kappa shape index (κ3) is 2.86. The van der Waals surface area contributed by atoms with E-state index in [0.717, 1.165) is 31.5 Å². The van der Waals surface area contributed by atoms with Crippen molar-refractivity contribution in [3.8, 4) is 0 Å². The highest BCUT2D eigenvalue weighted by Crippen LogP contribution is 2.28. The quantitative estimate of drug-likeness (QED) is 0.823. The van der Waals surface area contributed by atoms with Crippen LogP contribution in [-0.4, -0.2) is 31.9 Å². The summed E-state index contributed by atoms with van der Waals surface area (Å²) in [5, 5.41) is 3.26. The Labute approximate surface area is 120 Å². The zero-order valence-corrected chi connectivity index (χ0v) is 12.1. The standard InChI is InChI=1S/C12H17N3O2S.ClH/c16-18(17)14-12-6-2-1-4-10(12)9-15(18)11-5-3-7-13-8-11;/h1-2,4,6,11,13-14H,3,5,7-9H2;1H/t11-;/m1./s1. The second-order valence-corrected chi connectivity index (χ2v) is 6.43. The molecule has 0 spiro atoms. The van der Waals surface area contributed by atoms with Crippen LogP contribution in [0.15, 0.2) is 24.3 Å². The second-order valence-electron chi connectivity index (χ2n) is 4.81. The average Bonchev–Trinajstić information content (AvgIpc) is 2.38. The average molecular weight is 304 g/mol. The minimum Gasteiger partial charge on any atom is -0.315 e. The van der Waals surface area contributed by atoms with Crippen LogP contribution in [0.2, 0.25) is 0 Å². The molecule has 2 heterocycles. The highest BCUT2D eigenvalue weighted by atomic mass is 35.5. The van der Waals surface area contributed by atoms with E-state index in [1.807, 2.05) is 24.3 Å². The van der Waals surface area contributed by atoms with Gasteiger partial charge in [-0.2, -0.15) is 12.7 Å². The van der Waals surface area contributed by atoms with Crippen LogP contribution in [0.1, 0.15) is 18.4 Å². The van der Waals surface area contributed by atoms with Gasteiger partial charge in [-0.15, -0.1) is 12.4 Å². The van der Waals surface area contributed by atoms with Crippen molar-refractivity contribution in [1.82, 2.24) is 9.62 Å². The van der Waals surface area contributed by atoms with E-state index in [2.05, 4.69) is 10.0 Å². The van der Waals surface area contributed by atoms with Crippen LogP contribution in [0.3, 0.4) is 0 Å². The molecule has 1 aromatic rings. The fourth-order valence-electron chi connectivity index (χ4n) is 2.61. The third-order valence-corrected chi connectivity index (χ3v) is 5.09. The number of fused-ring (bicyclic) bond motifs is 1. The van der Waals surface area contributed by atoms with Gasteiger partial charge in [0, 0.05) is 19.1 Å². The highest BCUT2D eigenvalue weighted by molar-refractivity contribution is 7.90. The third-order valence-electron chi connectivity index (χ3n) is 3.57. The molecule has 1 aromatic carbocycles. The van der Waals surface area contributed by atoms with Gasteiger partial charge in [-0.1, -0.05) is 18.2 Å². The van der Waals surface area contributed by atoms with Gasteiger partial charge in [0.2, 0.25) is 0 Å². The highest BCUT2D eigenvalue weighted by Gasteiger charge is 2.34. The van der Waals surface area contributed by atoms with E-state index < -0.39 is 10.2 Å². The van der Waals surface area contributed by atoms with E-state index in [4.69, 9.17) is 0 Å². The number of halogens is 1. The number of benzene rings is 1. The summed E-state index contributed by atoms with van der Waals surface area (Å²) in [7, 11) is -3.39. The molecule has 2 aliphatic heterocycles. The molecule has 0 aromatic heterocycles. The van der Waals surface area contributed by atoms with Crippen LogP contribution >= 0.6 is 12.4 Å². The normalized spacial score (nSPS) is 25.8. The fourth-order valence-corrected chi connectivity index (χ4v) is 4.09. The molecule has 7 heteroatoms. The van der Waals surface area contributed by atoms with Crippen LogP contribution in [0.4, 0.5) is 5.69 Å². The molecular formula is C12H18ClN3O2S. The molecule has 0 unspecified atom stereocenters. The monoisotopic (exact) mass is 303 g/mol. The SMILES string of the molecule is Cl.O=S1(=O)Nc2ccccc2CN1[C@@H]1CCCNC1. The zero-order chi connectivity index (χ0) is 12.6. The summed E-state index contributed by atoms with van der Waals surface area (Å²) in [6, 6.07) is 7.63. The van der Waals surface area contributed by atoms with Gasteiger partial charge in [-0.3, -0.25) is 4.72 Å². The summed E-state index contributed by atoms with van der Waals surface area (Å²) >= 11 is 0. The van der Waals surface area contributed by atoms with E-state index in [9.17, 15) is 8.42 Å². The lowest BCUT2D eigenvalue weighted by molar-refractivity contribution is 0.259. The summed E-state index contributed by atoms with van der Waals surface area (Å²) in [4.78, 5) is 0. The van der Waals surface area contributed by atoms with Crippen LogP contribution in [0, 0.1) is 0 Å². The Morgan fingerprint density at radius 2 is 2.05 bits per heavy atom. The van der Waals surface area contributed by atoms with Crippen LogP contribution < -0.4 is 10.0 Å². The summed E-state index contributed by atoms with van der Waals surface area (Å²) in [5.41, 5.74) is 1.75. The second kappa shape index (κ2) is 5.66. The van der Waals surface area contributed by atoms with Crippen molar-refractivity contribution in [3.05, 3.63) is 29.8 Å². The van der Waals surface area contributed by atoms with Crippen molar-refractivity contribution >= 4 is 28.3 Å². The maximum atomic E-state index is 12.2. The summed E-state index contributed by atoms with van der Waals surface area (Å²) < 4.78 is 28.7. The number of nitrogens with one attached hydrogen (secondary N) is 2. The smallest absolute Gasteiger partial charge is 0.302 e. The molecule has 0 aliphatic carbocycles. The van der Waals surface area contributed by atoms with E-state index in [-0.39, 0.29) is 18.4 Å². The molecular weight excluding hydrogens is 286 g/mol.